The Morgan fingerprint density at radius 3 is 1.82 bits per heavy atom. The van der Waals surface area contributed by atoms with Crippen LogP contribution in [-0.2, 0) is 0 Å². The normalized spacial score (nSPS) is 30.9. The van der Waals surface area contributed by atoms with Gasteiger partial charge >= 0.3 is 0 Å². The van der Waals surface area contributed by atoms with E-state index in [1.807, 2.05) is 0 Å². The van der Waals surface area contributed by atoms with E-state index in [-0.39, 0.29) is 9.99 Å². The van der Waals surface area contributed by atoms with E-state index in [9.17, 15) is 0 Å². The summed E-state index contributed by atoms with van der Waals surface area (Å²) in [5, 5.41) is 0.139. The molecule has 1 aromatic carbocycles. The van der Waals surface area contributed by atoms with Crippen molar-refractivity contribution in [2.24, 2.45) is 0 Å². The molecule has 156 valence electrons. The summed E-state index contributed by atoms with van der Waals surface area (Å²) in [4.78, 5) is 0. The lowest BCUT2D eigenvalue weighted by atomic mass is 9.98. The Morgan fingerprint density at radius 2 is 1.29 bits per heavy atom. The first kappa shape index (κ1) is 21.3. The Morgan fingerprint density at radius 1 is 0.750 bits per heavy atom. The zero-order chi connectivity index (χ0) is 19.5. The minimum Gasteiger partial charge on any atom is -0.121 e. The number of rotatable bonds is 4. The molecule has 0 aromatic heterocycles. The largest absolute Gasteiger partial charge is 0.121 e. The van der Waals surface area contributed by atoms with E-state index in [1.165, 1.54) is 82.6 Å². The van der Waals surface area contributed by atoms with Crippen molar-refractivity contribution in [3.05, 3.63) is 35.9 Å². The Hall–Kier alpha value is 0.100. The van der Waals surface area contributed by atoms with Gasteiger partial charge in [-0.3, -0.25) is 0 Å². The van der Waals surface area contributed by atoms with Gasteiger partial charge in [0, 0.05) is 0 Å². The highest BCUT2D eigenvalue weighted by Crippen LogP contribution is 2.76. The van der Waals surface area contributed by atoms with Crippen molar-refractivity contribution >= 4 is 35.9 Å². The maximum absolute atomic E-state index is 7.85. The second-order valence-corrected chi connectivity index (χ2v) is 15.1. The van der Waals surface area contributed by atoms with Crippen LogP contribution in [0.1, 0.15) is 95.5 Å². The molecule has 2 unspecified atom stereocenters. The number of alkyl halides is 2. The predicted octanol–water partition coefficient (Wildman–Crippen LogP) is 8.64. The lowest BCUT2D eigenvalue weighted by Crippen LogP contribution is -2.44. The maximum Gasteiger partial charge on any atom is 0.0806 e. The van der Waals surface area contributed by atoms with Gasteiger partial charge in [-0.2, -0.15) is 0 Å². The second-order valence-electron chi connectivity index (χ2n) is 9.49. The van der Waals surface area contributed by atoms with E-state index < -0.39 is 6.89 Å². The molecule has 0 heterocycles. The van der Waals surface area contributed by atoms with Crippen molar-refractivity contribution in [1.82, 2.24) is 0 Å². The van der Waals surface area contributed by atoms with Crippen molar-refractivity contribution in [3.8, 4) is 0 Å². The molecule has 3 saturated carbocycles. The molecule has 28 heavy (non-hydrogen) atoms. The van der Waals surface area contributed by atoms with Gasteiger partial charge in [-0.25, -0.2) is 0 Å². The zero-order valence-corrected chi connectivity index (χ0v) is 19.7. The minimum absolute atomic E-state index is 0.139. The molecule has 0 amide bonds. The molecule has 3 heteroatoms. The van der Waals surface area contributed by atoms with Crippen molar-refractivity contribution in [2.45, 2.75) is 111 Å². The van der Waals surface area contributed by atoms with Gasteiger partial charge < -0.3 is 0 Å². The number of benzene rings is 1. The average molecular weight is 439 g/mol. The maximum atomic E-state index is 7.85. The second kappa shape index (κ2) is 9.49. The molecule has 0 aliphatic heterocycles. The van der Waals surface area contributed by atoms with E-state index in [1.54, 1.807) is 0 Å². The molecule has 0 radical (unpaired) electrons. The van der Waals surface area contributed by atoms with Gasteiger partial charge in [-0.05, 0) is 55.4 Å². The lowest BCUT2D eigenvalue weighted by Gasteiger charge is -2.56. The van der Waals surface area contributed by atoms with Crippen LogP contribution in [0.15, 0.2) is 30.3 Å². The molecule has 0 nitrogen and oxygen atoms in total. The first-order valence-corrected chi connectivity index (χ1v) is 14.6. The summed E-state index contributed by atoms with van der Waals surface area (Å²) in [6.07, 6.45) is 18.7. The van der Waals surface area contributed by atoms with Crippen molar-refractivity contribution < 1.29 is 0 Å². The quantitative estimate of drug-likeness (QED) is 0.325. The summed E-state index contributed by atoms with van der Waals surface area (Å²) in [6.45, 7) is -1.60. The third-order valence-corrected chi connectivity index (χ3v) is 16.1. The Bertz CT molecular complexity index is 651. The van der Waals surface area contributed by atoms with Crippen LogP contribution in [0.3, 0.4) is 0 Å². The van der Waals surface area contributed by atoms with Crippen LogP contribution in [-0.4, -0.2) is 27.1 Å². The third kappa shape index (κ3) is 4.00. The molecular weight excluding hydrogens is 402 g/mol. The molecule has 4 rings (SSSR count). The molecule has 3 fully saturated rings. The van der Waals surface area contributed by atoms with Crippen molar-refractivity contribution in [3.63, 3.8) is 0 Å². The summed E-state index contributed by atoms with van der Waals surface area (Å²) in [5.74, 6) is 2.76. The van der Waals surface area contributed by atoms with Gasteiger partial charge in [0.25, 0.3) is 0 Å². The first-order valence-electron chi connectivity index (χ1n) is 11.8. The van der Waals surface area contributed by atoms with Gasteiger partial charge in [0.05, 0.1) is 9.99 Å². The highest BCUT2D eigenvalue weighted by molar-refractivity contribution is 7.79. The molecule has 1 aromatic rings. The highest BCUT2D eigenvalue weighted by Gasteiger charge is 2.54. The smallest absolute Gasteiger partial charge is 0.0806 e. The fraction of sp³-hybridized carbons (Fsp3) is 0.720. The Balaban J connectivity index is 1.91. The third-order valence-electron chi connectivity index (χ3n) is 7.88. The lowest BCUT2D eigenvalue weighted by molar-refractivity contribution is 0.445. The van der Waals surface area contributed by atoms with E-state index in [2.05, 4.69) is 36.1 Å². The van der Waals surface area contributed by atoms with Crippen LogP contribution in [0, 0.1) is 0 Å². The Kier molecular flexibility index (Phi) is 7.23. The zero-order valence-electron chi connectivity index (χ0n) is 17.3. The minimum atomic E-state index is -1.60. The topological polar surface area (TPSA) is 0 Å². The van der Waals surface area contributed by atoms with E-state index in [0.717, 1.165) is 24.2 Å². The SMILES string of the molecule is ClC1CCCCC1(Cl)P(=Cc1ccccc1)(C1CCCCC1)C1CCCCC1. The van der Waals surface area contributed by atoms with Crippen LogP contribution in [0.4, 0.5) is 0 Å². The fourth-order valence-corrected chi connectivity index (χ4v) is 15.2. The van der Waals surface area contributed by atoms with Crippen LogP contribution >= 0.6 is 30.1 Å². The monoisotopic (exact) mass is 438 g/mol. The molecule has 0 spiro atoms. The van der Waals surface area contributed by atoms with Crippen molar-refractivity contribution in [2.75, 3.05) is 0 Å². The van der Waals surface area contributed by atoms with Gasteiger partial charge in [-0.1, -0.05) is 94.4 Å². The Labute approximate surface area is 182 Å². The first-order chi connectivity index (χ1) is 13.7. The molecule has 0 saturated heterocycles. The summed E-state index contributed by atoms with van der Waals surface area (Å²) in [5.41, 5.74) is 2.99. The van der Waals surface area contributed by atoms with Crippen LogP contribution in [0.25, 0.3) is 0 Å². The van der Waals surface area contributed by atoms with E-state index >= 15 is 0 Å². The predicted molar refractivity (Wildman–Crippen MR) is 129 cm³/mol. The molecule has 3 aliphatic carbocycles. The standard InChI is InChI=1S/C25H37Cl2P/c26-24-18-10-11-19-25(24,27)28(22-14-6-2-7-15-22,23-16-8-3-9-17-23)20-21-12-4-1-5-13-21/h1,4-5,12-13,20,22-24H,2-3,6-11,14-19H2. The van der Waals surface area contributed by atoms with Gasteiger partial charge in [0.2, 0.25) is 0 Å². The van der Waals surface area contributed by atoms with Gasteiger partial charge in [0.15, 0.2) is 0 Å². The highest BCUT2D eigenvalue weighted by atomic mass is 35.5. The summed E-state index contributed by atoms with van der Waals surface area (Å²) in [6, 6.07) is 11.2. The fourth-order valence-electron chi connectivity index (χ4n) is 6.54. The number of hydrogen-bond donors (Lipinski definition) is 0. The van der Waals surface area contributed by atoms with Crippen LogP contribution in [0.2, 0.25) is 0 Å². The van der Waals surface area contributed by atoms with E-state index in [0.29, 0.717) is 0 Å². The van der Waals surface area contributed by atoms with E-state index in [4.69, 9.17) is 23.2 Å². The molecular formula is C25H37Cl2P. The van der Waals surface area contributed by atoms with Gasteiger partial charge in [0.1, 0.15) is 0 Å². The average Bonchev–Trinajstić information content (AvgIpc) is 2.76. The van der Waals surface area contributed by atoms with Crippen LogP contribution in [0.5, 0.6) is 0 Å². The summed E-state index contributed by atoms with van der Waals surface area (Å²) < 4.78 is -0.188. The molecule has 3 aliphatic rings. The van der Waals surface area contributed by atoms with Crippen molar-refractivity contribution in [1.29, 1.82) is 0 Å². The number of hydrogen-bond acceptors (Lipinski definition) is 0. The molecule has 2 atom stereocenters. The molecule has 0 N–H and O–H groups in total. The summed E-state index contributed by atoms with van der Waals surface area (Å²) >= 11 is 15.0. The summed E-state index contributed by atoms with van der Waals surface area (Å²) in [7, 11) is 0. The number of halogens is 2. The molecule has 0 bridgehead atoms. The van der Waals surface area contributed by atoms with Gasteiger partial charge in [-0.15, -0.1) is 23.2 Å². The van der Waals surface area contributed by atoms with Crippen LogP contribution < -0.4 is 0 Å².